The second-order valence-electron chi connectivity index (χ2n) is 5.37. The number of rotatable bonds is 5. The molecule has 0 aliphatic heterocycles. The van der Waals surface area contributed by atoms with E-state index < -0.39 is 11.9 Å². The lowest BCUT2D eigenvalue weighted by Crippen LogP contribution is -2.28. The summed E-state index contributed by atoms with van der Waals surface area (Å²) in [7, 11) is 3.09. The average molecular weight is 318 g/mol. The van der Waals surface area contributed by atoms with Gasteiger partial charge in [-0.15, -0.1) is 0 Å². The van der Waals surface area contributed by atoms with Crippen LogP contribution >= 0.6 is 0 Å². The number of aromatic nitrogens is 1. The van der Waals surface area contributed by atoms with Gasteiger partial charge in [0.25, 0.3) is 5.91 Å². The first-order valence-electron chi connectivity index (χ1n) is 7.15. The molecule has 1 aromatic carbocycles. The molecular formula is C17H19FN2O3. The number of hydrogen-bond acceptors (Lipinski definition) is 3. The van der Waals surface area contributed by atoms with Crippen molar-refractivity contribution in [2.24, 2.45) is 7.05 Å². The van der Waals surface area contributed by atoms with Crippen LogP contribution in [0.2, 0.25) is 0 Å². The topological polar surface area (TPSA) is 60.3 Å². The summed E-state index contributed by atoms with van der Waals surface area (Å²) in [5, 5.41) is 2.79. The molecule has 5 nitrogen and oxygen atoms in total. The van der Waals surface area contributed by atoms with Crippen LogP contribution in [0, 0.1) is 5.82 Å². The van der Waals surface area contributed by atoms with Gasteiger partial charge in [0.1, 0.15) is 5.69 Å². The molecule has 1 amide bonds. The fraction of sp³-hybridized carbons (Fsp3) is 0.294. The van der Waals surface area contributed by atoms with Crippen LogP contribution in [0.3, 0.4) is 0 Å². The van der Waals surface area contributed by atoms with Gasteiger partial charge in [-0.25, -0.2) is 4.39 Å². The number of aryl methyl sites for hydroxylation is 1. The van der Waals surface area contributed by atoms with Gasteiger partial charge in [-0.05, 0) is 37.6 Å². The highest BCUT2D eigenvalue weighted by Crippen LogP contribution is 2.22. The molecule has 0 aliphatic carbocycles. The predicted octanol–water partition coefficient (Wildman–Crippen LogP) is 2.87. The normalized spacial score (nSPS) is 11.9. The number of carbonyl (C=O) groups is 2. The van der Waals surface area contributed by atoms with Crippen LogP contribution in [0.4, 0.5) is 4.39 Å². The SMILES string of the molecule is COc1ccc([C@H](C)NC(=O)c2cc(C(C)=O)cn2C)cc1F. The van der Waals surface area contributed by atoms with Crippen molar-refractivity contribution in [1.82, 2.24) is 9.88 Å². The number of benzene rings is 1. The third kappa shape index (κ3) is 3.59. The van der Waals surface area contributed by atoms with Crippen LogP contribution < -0.4 is 10.1 Å². The third-order valence-electron chi connectivity index (χ3n) is 3.67. The average Bonchev–Trinajstić information content (AvgIpc) is 2.89. The number of nitrogens with one attached hydrogen (secondary N) is 1. The Kier molecular flexibility index (Phi) is 4.83. The molecule has 2 rings (SSSR count). The zero-order valence-corrected chi connectivity index (χ0v) is 13.5. The number of carbonyl (C=O) groups excluding carboxylic acids is 2. The Bertz CT molecular complexity index is 752. The standard InChI is InChI=1S/C17H19FN2O3/c1-10(12-5-6-16(23-4)14(18)7-12)19-17(22)15-8-13(11(2)21)9-20(15)3/h5-10H,1-4H3,(H,19,22)/t10-/m0/s1. The molecule has 0 aliphatic rings. The summed E-state index contributed by atoms with van der Waals surface area (Å²) in [5.41, 5.74) is 1.47. The lowest BCUT2D eigenvalue weighted by Gasteiger charge is -2.15. The molecule has 1 aromatic heterocycles. The molecule has 0 saturated heterocycles. The summed E-state index contributed by atoms with van der Waals surface area (Å²) in [6, 6.07) is 5.69. The molecule has 0 radical (unpaired) electrons. The van der Waals surface area contributed by atoms with Gasteiger partial charge in [0.05, 0.1) is 13.2 Å². The zero-order chi connectivity index (χ0) is 17.1. The molecule has 23 heavy (non-hydrogen) atoms. The lowest BCUT2D eigenvalue weighted by molar-refractivity contribution is 0.0931. The molecule has 1 N–H and O–H groups in total. The van der Waals surface area contributed by atoms with Gasteiger partial charge in [-0.2, -0.15) is 0 Å². The number of ether oxygens (including phenoxy) is 1. The van der Waals surface area contributed by atoms with Gasteiger partial charge in [0, 0.05) is 18.8 Å². The largest absolute Gasteiger partial charge is 0.494 e. The van der Waals surface area contributed by atoms with Crippen molar-refractivity contribution in [1.29, 1.82) is 0 Å². The Morgan fingerprint density at radius 1 is 1.30 bits per heavy atom. The molecule has 122 valence electrons. The van der Waals surface area contributed by atoms with Crippen LogP contribution in [0.25, 0.3) is 0 Å². The Morgan fingerprint density at radius 3 is 2.52 bits per heavy atom. The fourth-order valence-corrected chi connectivity index (χ4v) is 2.29. The minimum atomic E-state index is -0.483. The van der Waals surface area contributed by atoms with Gasteiger partial charge >= 0.3 is 0 Å². The minimum Gasteiger partial charge on any atom is -0.494 e. The van der Waals surface area contributed by atoms with E-state index in [0.29, 0.717) is 16.8 Å². The highest BCUT2D eigenvalue weighted by atomic mass is 19.1. The molecule has 0 unspecified atom stereocenters. The fourth-order valence-electron chi connectivity index (χ4n) is 2.29. The van der Waals surface area contributed by atoms with Crippen LogP contribution in [0.1, 0.15) is 46.3 Å². The van der Waals surface area contributed by atoms with Crippen molar-refractivity contribution in [3.05, 3.63) is 53.1 Å². The first-order valence-corrected chi connectivity index (χ1v) is 7.15. The van der Waals surface area contributed by atoms with E-state index in [9.17, 15) is 14.0 Å². The summed E-state index contributed by atoms with van der Waals surface area (Å²) < 4.78 is 20.2. The maximum atomic E-state index is 13.7. The molecule has 0 fully saturated rings. The number of amides is 1. The van der Waals surface area contributed by atoms with Gasteiger partial charge in [0.2, 0.25) is 0 Å². The van der Waals surface area contributed by atoms with E-state index >= 15 is 0 Å². The second kappa shape index (κ2) is 6.64. The molecule has 0 spiro atoms. The van der Waals surface area contributed by atoms with Gasteiger partial charge in [0.15, 0.2) is 17.3 Å². The van der Waals surface area contributed by atoms with Crippen LogP contribution in [0.5, 0.6) is 5.75 Å². The highest BCUT2D eigenvalue weighted by molar-refractivity contribution is 5.99. The Morgan fingerprint density at radius 2 is 2.00 bits per heavy atom. The lowest BCUT2D eigenvalue weighted by atomic mass is 10.1. The molecule has 0 saturated carbocycles. The van der Waals surface area contributed by atoms with E-state index in [2.05, 4.69) is 5.32 Å². The maximum absolute atomic E-state index is 13.7. The summed E-state index contributed by atoms with van der Waals surface area (Å²) >= 11 is 0. The number of ketones is 1. The van der Waals surface area contributed by atoms with E-state index in [0.717, 1.165) is 0 Å². The maximum Gasteiger partial charge on any atom is 0.268 e. The van der Waals surface area contributed by atoms with Crippen molar-refractivity contribution < 1.29 is 18.7 Å². The van der Waals surface area contributed by atoms with Crippen molar-refractivity contribution in [2.45, 2.75) is 19.9 Å². The van der Waals surface area contributed by atoms with Crippen LogP contribution in [0.15, 0.2) is 30.5 Å². The van der Waals surface area contributed by atoms with E-state index in [1.807, 2.05) is 0 Å². The monoisotopic (exact) mass is 318 g/mol. The third-order valence-corrected chi connectivity index (χ3v) is 3.67. The number of halogens is 1. The van der Waals surface area contributed by atoms with Crippen molar-refractivity contribution in [3.63, 3.8) is 0 Å². The molecule has 1 heterocycles. The summed E-state index contributed by atoms with van der Waals surface area (Å²) in [6.07, 6.45) is 1.61. The molecular weight excluding hydrogens is 299 g/mol. The van der Waals surface area contributed by atoms with Crippen LogP contribution in [-0.4, -0.2) is 23.4 Å². The summed E-state index contributed by atoms with van der Waals surface area (Å²) in [4.78, 5) is 23.7. The molecule has 6 heteroatoms. The molecule has 1 atom stereocenters. The quantitative estimate of drug-likeness (QED) is 0.862. The zero-order valence-electron chi connectivity index (χ0n) is 13.5. The Hall–Kier alpha value is -2.63. The summed E-state index contributed by atoms with van der Waals surface area (Å²) in [5.74, 6) is -0.765. The van der Waals surface area contributed by atoms with Crippen molar-refractivity contribution in [3.8, 4) is 5.75 Å². The van der Waals surface area contributed by atoms with Gasteiger partial charge < -0.3 is 14.6 Å². The minimum absolute atomic E-state index is 0.107. The van der Waals surface area contributed by atoms with Crippen molar-refractivity contribution in [2.75, 3.05) is 7.11 Å². The first-order chi connectivity index (χ1) is 10.8. The van der Waals surface area contributed by atoms with E-state index in [1.165, 1.54) is 26.2 Å². The Balaban J connectivity index is 2.16. The predicted molar refractivity (Wildman–Crippen MR) is 84.3 cm³/mol. The van der Waals surface area contributed by atoms with E-state index in [1.54, 1.807) is 36.9 Å². The number of methoxy groups -OCH3 is 1. The second-order valence-corrected chi connectivity index (χ2v) is 5.37. The van der Waals surface area contributed by atoms with Crippen LogP contribution in [-0.2, 0) is 7.05 Å². The van der Waals surface area contributed by atoms with Gasteiger partial charge in [-0.1, -0.05) is 6.07 Å². The number of nitrogens with zero attached hydrogens (tertiary/aromatic N) is 1. The number of Topliss-reactive ketones (excluding diaryl/α,β-unsaturated/α-hetero) is 1. The van der Waals surface area contributed by atoms with Gasteiger partial charge in [-0.3, -0.25) is 9.59 Å². The first kappa shape index (κ1) is 16.7. The summed E-state index contributed by atoms with van der Waals surface area (Å²) in [6.45, 7) is 3.20. The van der Waals surface area contributed by atoms with E-state index in [-0.39, 0.29) is 17.4 Å². The highest BCUT2D eigenvalue weighted by Gasteiger charge is 2.17. The number of hydrogen-bond donors (Lipinski definition) is 1. The molecule has 2 aromatic rings. The van der Waals surface area contributed by atoms with Crippen molar-refractivity contribution >= 4 is 11.7 Å². The molecule has 0 bridgehead atoms. The Labute approximate surface area is 134 Å². The smallest absolute Gasteiger partial charge is 0.268 e. The van der Waals surface area contributed by atoms with E-state index in [4.69, 9.17) is 4.74 Å².